The maximum Gasteiger partial charge on any atom is 0.326 e. The average molecular weight is 251 g/mol. The molecule has 0 aliphatic carbocycles. The minimum atomic E-state index is -1.34. The molecule has 96 valence electrons. The number of primary amides is 1. The van der Waals surface area contributed by atoms with Crippen molar-refractivity contribution in [2.45, 2.75) is 19.4 Å². The molecule has 4 N–H and O–H groups in total. The van der Waals surface area contributed by atoms with Gasteiger partial charge >= 0.3 is 5.97 Å². The van der Waals surface area contributed by atoms with Crippen molar-refractivity contribution in [2.75, 3.05) is 0 Å². The normalized spacial score (nSPS) is 11.6. The molecule has 7 heteroatoms. The van der Waals surface area contributed by atoms with E-state index in [0.29, 0.717) is 5.69 Å². The van der Waals surface area contributed by atoms with Crippen LogP contribution in [-0.4, -0.2) is 33.9 Å². The minimum Gasteiger partial charge on any atom is -0.480 e. The molecule has 7 nitrogen and oxygen atoms in total. The summed E-state index contributed by atoms with van der Waals surface area (Å²) in [6, 6.07) is 1.74. The quantitative estimate of drug-likeness (QED) is 0.648. The van der Waals surface area contributed by atoms with Crippen molar-refractivity contribution < 1.29 is 19.5 Å². The molecule has 1 aromatic rings. The van der Waals surface area contributed by atoms with Crippen LogP contribution < -0.4 is 11.1 Å². The van der Waals surface area contributed by atoms with Crippen molar-refractivity contribution in [3.63, 3.8) is 0 Å². The molecule has 1 rings (SSSR count). The molecule has 0 unspecified atom stereocenters. The van der Waals surface area contributed by atoms with E-state index in [2.05, 4.69) is 10.3 Å². The number of amides is 2. The van der Waals surface area contributed by atoms with Crippen LogP contribution in [0, 0.1) is 6.92 Å². The second kappa shape index (κ2) is 5.76. The number of nitrogens with two attached hydrogens (primary N) is 1. The maximum atomic E-state index is 11.8. The summed E-state index contributed by atoms with van der Waals surface area (Å²) in [5.41, 5.74) is 5.64. The third kappa shape index (κ3) is 3.55. The standard InChI is InChI=1S/C11H13N3O4/c1-6-7(3-2-4-13-6)10(16)14-8(11(17)18)5-9(12)15/h2-4,8H,5H2,1H3,(H2,12,15)(H,14,16)(H,17,18)/t8-/m1/s1. The van der Waals surface area contributed by atoms with Crippen LogP contribution in [0.2, 0.25) is 0 Å². The molecule has 18 heavy (non-hydrogen) atoms. The van der Waals surface area contributed by atoms with Crippen LogP contribution in [0.3, 0.4) is 0 Å². The average Bonchev–Trinajstić information content (AvgIpc) is 2.27. The number of hydrogen-bond acceptors (Lipinski definition) is 4. The summed E-state index contributed by atoms with van der Waals surface area (Å²) in [4.78, 5) is 37.3. The highest BCUT2D eigenvalue weighted by molar-refractivity contribution is 5.98. The van der Waals surface area contributed by atoms with Crippen molar-refractivity contribution in [3.8, 4) is 0 Å². The summed E-state index contributed by atoms with van der Waals surface area (Å²) in [6.45, 7) is 1.62. The third-order valence-electron chi connectivity index (χ3n) is 2.26. The lowest BCUT2D eigenvalue weighted by atomic mass is 10.1. The lowest BCUT2D eigenvalue weighted by Crippen LogP contribution is -2.43. The molecule has 2 amide bonds. The molecular weight excluding hydrogens is 238 g/mol. The number of nitrogens with zero attached hydrogens (tertiary/aromatic N) is 1. The summed E-state index contributed by atoms with van der Waals surface area (Å²) >= 11 is 0. The number of carboxylic acids is 1. The second-order valence-corrected chi connectivity index (χ2v) is 3.67. The summed E-state index contributed by atoms with van der Waals surface area (Å²) in [5.74, 6) is -2.72. The number of aliphatic carboxylic acids is 1. The van der Waals surface area contributed by atoms with Crippen LogP contribution in [0.1, 0.15) is 22.5 Å². The smallest absolute Gasteiger partial charge is 0.326 e. The van der Waals surface area contributed by atoms with Gasteiger partial charge in [0.2, 0.25) is 5.91 Å². The third-order valence-corrected chi connectivity index (χ3v) is 2.26. The Bertz CT molecular complexity index is 487. The van der Waals surface area contributed by atoms with E-state index < -0.39 is 30.2 Å². The minimum absolute atomic E-state index is 0.258. The van der Waals surface area contributed by atoms with E-state index in [1.54, 1.807) is 13.0 Å². The largest absolute Gasteiger partial charge is 0.480 e. The maximum absolute atomic E-state index is 11.8. The molecule has 0 saturated heterocycles. The molecule has 0 aliphatic rings. The summed E-state index contributed by atoms with van der Waals surface area (Å²) < 4.78 is 0. The molecule has 1 atom stereocenters. The predicted octanol–water partition coefficient (Wildman–Crippen LogP) is -0.552. The van der Waals surface area contributed by atoms with E-state index in [0.717, 1.165) is 0 Å². The molecule has 1 heterocycles. The van der Waals surface area contributed by atoms with E-state index in [1.807, 2.05) is 0 Å². The predicted molar refractivity (Wildman–Crippen MR) is 61.7 cm³/mol. The fourth-order valence-electron chi connectivity index (χ4n) is 1.36. The number of aryl methyl sites for hydroxylation is 1. The first-order chi connectivity index (χ1) is 8.41. The molecule has 0 radical (unpaired) electrons. The van der Waals surface area contributed by atoms with Gasteiger partial charge in [0.1, 0.15) is 6.04 Å². The van der Waals surface area contributed by atoms with Gasteiger partial charge in [-0.1, -0.05) is 0 Å². The van der Waals surface area contributed by atoms with Crippen molar-refractivity contribution in [2.24, 2.45) is 5.73 Å². The molecule has 0 spiro atoms. The van der Waals surface area contributed by atoms with Crippen molar-refractivity contribution in [1.29, 1.82) is 0 Å². The molecule has 0 aliphatic heterocycles. The Labute approximate surface area is 103 Å². The highest BCUT2D eigenvalue weighted by atomic mass is 16.4. The molecule has 0 bridgehead atoms. The zero-order valence-corrected chi connectivity index (χ0v) is 9.71. The highest BCUT2D eigenvalue weighted by Crippen LogP contribution is 2.04. The van der Waals surface area contributed by atoms with Gasteiger partial charge in [0, 0.05) is 11.9 Å². The first kappa shape index (κ1) is 13.6. The van der Waals surface area contributed by atoms with Crippen molar-refractivity contribution in [3.05, 3.63) is 29.6 Å². The number of aromatic nitrogens is 1. The van der Waals surface area contributed by atoms with Gasteiger partial charge in [-0.05, 0) is 19.1 Å². The van der Waals surface area contributed by atoms with E-state index >= 15 is 0 Å². The number of rotatable bonds is 5. The first-order valence-corrected chi connectivity index (χ1v) is 5.15. The van der Waals surface area contributed by atoms with E-state index in [1.165, 1.54) is 12.3 Å². The van der Waals surface area contributed by atoms with Gasteiger partial charge in [0.05, 0.1) is 12.0 Å². The Balaban J connectivity index is 2.82. The molecule has 0 saturated carbocycles. The fourth-order valence-corrected chi connectivity index (χ4v) is 1.36. The topological polar surface area (TPSA) is 122 Å². The lowest BCUT2D eigenvalue weighted by molar-refractivity contribution is -0.140. The van der Waals surface area contributed by atoms with Crippen LogP contribution in [0.25, 0.3) is 0 Å². The van der Waals surface area contributed by atoms with Gasteiger partial charge in [-0.25, -0.2) is 4.79 Å². The fraction of sp³-hybridized carbons (Fsp3) is 0.273. The van der Waals surface area contributed by atoms with E-state index in [-0.39, 0.29) is 5.56 Å². The lowest BCUT2D eigenvalue weighted by Gasteiger charge is -2.13. The first-order valence-electron chi connectivity index (χ1n) is 5.15. The molecule has 0 aromatic carbocycles. The van der Waals surface area contributed by atoms with Crippen LogP contribution in [0.15, 0.2) is 18.3 Å². The van der Waals surface area contributed by atoms with Gasteiger partial charge in [0.15, 0.2) is 0 Å². The van der Waals surface area contributed by atoms with Crippen LogP contribution in [-0.2, 0) is 9.59 Å². The number of hydrogen-bond donors (Lipinski definition) is 3. The Hall–Kier alpha value is -2.44. The molecular formula is C11H13N3O4. The SMILES string of the molecule is Cc1ncccc1C(=O)N[C@H](CC(N)=O)C(=O)O. The summed E-state index contributed by atoms with van der Waals surface area (Å²) in [6.07, 6.45) is 1.06. The number of carbonyl (C=O) groups excluding carboxylic acids is 2. The monoisotopic (exact) mass is 251 g/mol. The van der Waals surface area contributed by atoms with Crippen molar-refractivity contribution >= 4 is 17.8 Å². The zero-order chi connectivity index (χ0) is 13.7. The zero-order valence-electron chi connectivity index (χ0n) is 9.71. The van der Waals surface area contributed by atoms with Crippen molar-refractivity contribution in [1.82, 2.24) is 10.3 Å². The number of carboxylic acid groups (broad SMARTS) is 1. The summed E-state index contributed by atoms with van der Waals surface area (Å²) in [7, 11) is 0. The highest BCUT2D eigenvalue weighted by Gasteiger charge is 2.23. The number of carbonyl (C=O) groups is 3. The van der Waals surface area contributed by atoms with E-state index in [4.69, 9.17) is 10.8 Å². The van der Waals surface area contributed by atoms with Crippen LogP contribution in [0.5, 0.6) is 0 Å². The van der Waals surface area contributed by atoms with E-state index in [9.17, 15) is 14.4 Å². The Morgan fingerprint density at radius 1 is 1.50 bits per heavy atom. The molecule has 0 fully saturated rings. The Morgan fingerprint density at radius 3 is 2.67 bits per heavy atom. The molecule has 1 aromatic heterocycles. The Kier molecular flexibility index (Phi) is 4.36. The van der Waals surface area contributed by atoms with Gasteiger partial charge in [-0.2, -0.15) is 0 Å². The van der Waals surface area contributed by atoms with Crippen LogP contribution in [0.4, 0.5) is 0 Å². The van der Waals surface area contributed by atoms with Crippen LogP contribution >= 0.6 is 0 Å². The van der Waals surface area contributed by atoms with Gasteiger partial charge in [-0.15, -0.1) is 0 Å². The second-order valence-electron chi connectivity index (χ2n) is 3.67. The van der Waals surface area contributed by atoms with Gasteiger partial charge in [0.25, 0.3) is 5.91 Å². The summed E-state index contributed by atoms with van der Waals surface area (Å²) in [5, 5.41) is 11.1. The van der Waals surface area contributed by atoms with Gasteiger partial charge < -0.3 is 16.2 Å². The number of pyridine rings is 1. The van der Waals surface area contributed by atoms with Gasteiger partial charge in [-0.3, -0.25) is 14.6 Å². The number of nitrogens with one attached hydrogen (secondary N) is 1. The Morgan fingerprint density at radius 2 is 2.17 bits per heavy atom.